The van der Waals surface area contributed by atoms with Crippen molar-refractivity contribution < 1.29 is 19.1 Å². The first-order valence-electron chi connectivity index (χ1n) is 19.7. The first-order valence-corrected chi connectivity index (χ1v) is 20.0. The molecule has 3 aromatic rings. The van der Waals surface area contributed by atoms with Gasteiger partial charge in [0.25, 0.3) is 17.4 Å². The number of anilines is 2. The predicted octanol–water partition coefficient (Wildman–Crippen LogP) is 4.79. The predicted molar refractivity (Wildman–Crippen MR) is 214 cm³/mol. The summed E-state index contributed by atoms with van der Waals surface area (Å²) in [4.78, 5) is 57.1. The van der Waals surface area contributed by atoms with Gasteiger partial charge in [-0.1, -0.05) is 39.3 Å². The van der Waals surface area contributed by atoms with E-state index in [1.807, 2.05) is 12.1 Å². The number of carbonyl (C=O) groups is 3. The molecule has 3 saturated heterocycles. The molecule has 1 aliphatic carbocycles. The van der Waals surface area contributed by atoms with Gasteiger partial charge in [0.2, 0.25) is 5.91 Å². The van der Waals surface area contributed by atoms with Crippen LogP contribution in [-0.2, 0) is 9.59 Å². The molecule has 2 N–H and O–H groups in total. The average molecular weight is 783 g/mol. The van der Waals surface area contributed by atoms with Gasteiger partial charge in [-0.25, -0.2) is 4.68 Å². The zero-order chi connectivity index (χ0) is 39.8. The summed E-state index contributed by atoms with van der Waals surface area (Å²) in [5.74, 6) is 0.366. The molecule has 1 atom stereocenters. The maximum absolute atomic E-state index is 13.5. The highest BCUT2D eigenvalue weighted by atomic mass is 35.5. The number of nitriles is 1. The summed E-state index contributed by atoms with van der Waals surface area (Å²) in [7, 11) is 0. The van der Waals surface area contributed by atoms with E-state index in [1.54, 1.807) is 30.5 Å². The zero-order valence-electron chi connectivity index (χ0n) is 32.6. The van der Waals surface area contributed by atoms with E-state index >= 15 is 0 Å². The molecule has 13 nitrogen and oxygen atoms in total. The first-order chi connectivity index (χ1) is 26.7. The Balaban J connectivity index is 0.835. The normalized spacial score (nSPS) is 23.8. The van der Waals surface area contributed by atoms with Crippen LogP contribution in [0.4, 0.5) is 11.4 Å². The number of halogens is 1. The van der Waals surface area contributed by atoms with Gasteiger partial charge in [-0.3, -0.25) is 29.4 Å². The van der Waals surface area contributed by atoms with E-state index in [9.17, 15) is 24.4 Å². The largest absolute Gasteiger partial charge is 0.489 e. The third kappa shape index (κ3) is 8.00. The fraction of sp³-hybridized carbons (Fsp3) is 0.524. The standard InChI is InChI=1S/C42H51ClN8O5/c1-41(2)39(42(3,4)40(41)56-32-10-7-29(25-44)33(43)24-32)47-37(54)28-5-8-30(9-6-28)49-17-14-27(15-18-49)13-16-48-19-21-50(22-20-48)31-23-36(53)51(45-26-31)34-11-12-35(52)46-38(34)55/h5-10,23-24,26-27,34,39-40H,11-22H2,1-4H3,(H,47,54)(H,46,52,55)/t34-,39?,40?/m1/s1. The lowest BCUT2D eigenvalue weighted by atomic mass is 9.49. The summed E-state index contributed by atoms with van der Waals surface area (Å²) >= 11 is 6.25. The van der Waals surface area contributed by atoms with Crippen molar-refractivity contribution in [1.82, 2.24) is 25.3 Å². The van der Waals surface area contributed by atoms with Crippen LogP contribution in [0.15, 0.2) is 59.5 Å². The molecule has 0 bridgehead atoms. The molecule has 4 aliphatic rings. The third-order valence-electron chi connectivity index (χ3n) is 12.4. The lowest BCUT2D eigenvalue weighted by molar-refractivity contribution is -0.164. The Labute approximate surface area is 332 Å². The Hall–Kier alpha value is -4.93. The van der Waals surface area contributed by atoms with Crippen molar-refractivity contribution in [3.63, 3.8) is 0 Å². The van der Waals surface area contributed by atoms with Gasteiger partial charge in [0.15, 0.2) is 0 Å². The molecule has 296 valence electrons. The van der Waals surface area contributed by atoms with Gasteiger partial charge >= 0.3 is 0 Å². The Morgan fingerprint density at radius 1 is 0.929 bits per heavy atom. The van der Waals surface area contributed by atoms with Crippen molar-refractivity contribution in [3.8, 4) is 11.8 Å². The quantitative estimate of drug-likeness (QED) is 0.275. The lowest BCUT2D eigenvalue weighted by Gasteiger charge is -2.63. The number of imide groups is 1. The molecule has 0 spiro atoms. The highest BCUT2D eigenvalue weighted by molar-refractivity contribution is 6.31. The number of aromatic nitrogens is 2. The van der Waals surface area contributed by atoms with Crippen LogP contribution in [0.2, 0.25) is 5.02 Å². The van der Waals surface area contributed by atoms with Crippen LogP contribution < -0.4 is 30.7 Å². The number of nitrogens with zero attached hydrogens (tertiary/aromatic N) is 6. The Bertz CT molecular complexity index is 2050. The number of ether oxygens (including phenoxy) is 1. The second-order valence-corrected chi connectivity index (χ2v) is 17.3. The first kappa shape index (κ1) is 39.3. The monoisotopic (exact) mass is 782 g/mol. The molecular weight excluding hydrogens is 732 g/mol. The van der Waals surface area contributed by atoms with E-state index in [1.165, 1.54) is 4.68 Å². The molecule has 4 heterocycles. The summed E-state index contributed by atoms with van der Waals surface area (Å²) in [5.41, 5.74) is 1.92. The second-order valence-electron chi connectivity index (χ2n) is 16.9. The van der Waals surface area contributed by atoms with E-state index in [2.05, 4.69) is 76.3 Å². The molecule has 14 heteroatoms. The van der Waals surface area contributed by atoms with E-state index in [0.717, 1.165) is 76.5 Å². The molecule has 3 aliphatic heterocycles. The molecule has 1 aromatic heterocycles. The smallest absolute Gasteiger partial charge is 0.269 e. The van der Waals surface area contributed by atoms with Gasteiger partial charge < -0.3 is 19.9 Å². The number of amides is 3. The summed E-state index contributed by atoms with van der Waals surface area (Å²) in [6.45, 7) is 14.8. The highest BCUT2D eigenvalue weighted by Gasteiger charge is 2.64. The van der Waals surface area contributed by atoms with Crippen LogP contribution in [0.3, 0.4) is 0 Å². The summed E-state index contributed by atoms with van der Waals surface area (Å²) in [6.07, 6.45) is 5.36. The van der Waals surface area contributed by atoms with Gasteiger partial charge in [0, 0.05) is 85.9 Å². The fourth-order valence-electron chi connectivity index (χ4n) is 9.44. The van der Waals surface area contributed by atoms with Gasteiger partial charge in [0.1, 0.15) is 24.0 Å². The minimum atomic E-state index is -0.754. The molecule has 56 heavy (non-hydrogen) atoms. The maximum atomic E-state index is 13.5. The van der Waals surface area contributed by atoms with Gasteiger partial charge in [-0.15, -0.1) is 0 Å². The van der Waals surface area contributed by atoms with Crippen molar-refractivity contribution in [2.45, 2.75) is 78.0 Å². The van der Waals surface area contributed by atoms with Crippen LogP contribution in [0.5, 0.6) is 5.75 Å². The average Bonchev–Trinajstić information content (AvgIpc) is 3.18. The van der Waals surface area contributed by atoms with Crippen molar-refractivity contribution in [2.24, 2.45) is 16.7 Å². The SMILES string of the molecule is CC1(C)C(NC(=O)c2ccc(N3CCC(CCN4CCN(c5cnn([C@@H]6CCC(=O)NC6=O)c(=O)c5)CC4)CC3)cc2)C(C)(C)C1Oc1ccc(C#N)c(Cl)c1. The minimum Gasteiger partial charge on any atom is -0.489 e. The molecule has 1 saturated carbocycles. The molecule has 4 fully saturated rings. The number of carbonyl (C=O) groups excluding carboxylic acids is 3. The van der Waals surface area contributed by atoms with E-state index in [-0.39, 0.29) is 53.2 Å². The topological polar surface area (TPSA) is 153 Å². The number of nitrogens with one attached hydrogen (secondary N) is 2. The van der Waals surface area contributed by atoms with Crippen LogP contribution in [0.1, 0.15) is 81.8 Å². The van der Waals surface area contributed by atoms with Crippen LogP contribution >= 0.6 is 11.6 Å². The summed E-state index contributed by atoms with van der Waals surface area (Å²) < 4.78 is 7.56. The highest BCUT2D eigenvalue weighted by Crippen LogP contribution is 2.55. The maximum Gasteiger partial charge on any atom is 0.269 e. The number of piperidine rings is 2. The zero-order valence-corrected chi connectivity index (χ0v) is 33.3. The van der Waals surface area contributed by atoms with Gasteiger partial charge in [0.05, 0.1) is 22.5 Å². The molecule has 3 amide bonds. The van der Waals surface area contributed by atoms with Crippen molar-refractivity contribution in [2.75, 3.05) is 55.6 Å². The van der Waals surface area contributed by atoms with Crippen molar-refractivity contribution >= 4 is 40.7 Å². The van der Waals surface area contributed by atoms with Crippen LogP contribution in [0, 0.1) is 28.1 Å². The van der Waals surface area contributed by atoms with Crippen LogP contribution in [0.25, 0.3) is 0 Å². The minimum absolute atomic E-state index is 0.101. The number of hydrogen-bond donors (Lipinski definition) is 2. The van der Waals surface area contributed by atoms with Crippen LogP contribution in [-0.4, -0.2) is 90.4 Å². The van der Waals surface area contributed by atoms with Crippen molar-refractivity contribution in [1.29, 1.82) is 5.26 Å². The van der Waals surface area contributed by atoms with Gasteiger partial charge in [-0.05, 0) is 74.5 Å². The second kappa shape index (κ2) is 15.9. The van der Waals surface area contributed by atoms with Crippen molar-refractivity contribution in [3.05, 3.63) is 81.2 Å². The third-order valence-corrected chi connectivity index (χ3v) is 12.8. The summed E-state index contributed by atoms with van der Waals surface area (Å²) in [5, 5.41) is 19.4. The van der Waals surface area contributed by atoms with E-state index in [4.69, 9.17) is 16.3 Å². The molecule has 0 radical (unpaired) electrons. The number of piperazine rings is 1. The fourth-order valence-corrected chi connectivity index (χ4v) is 9.65. The van der Waals surface area contributed by atoms with E-state index in [0.29, 0.717) is 27.8 Å². The Morgan fingerprint density at radius 3 is 2.23 bits per heavy atom. The summed E-state index contributed by atoms with van der Waals surface area (Å²) in [6, 6.07) is 15.8. The van der Waals surface area contributed by atoms with Gasteiger partial charge in [-0.2, -0.15) is 10.4 Å². The van der Waals surface area contributed by atoms with E-state index < -0.39 is 11.9 Å². The molecule has 2 aromatic carbocycles. The Morgan fingerprint density at radius 2 is 1.61 bits per heavy atom. The molecular formula is C42H51ClN8O5. The molecule has 7 rings (SSSR count). The lowest BCUT2D eigenvalue weighted by Crippen LogP contribution is -2.74. The molecule has 0 unspecified atom stereocenters. The number of rotatable bonds is 10. The number of hydrogen-bond acceptors (Lipinski definition) is 10. The number of benzene rings is 2. The Kier molecular flexibility index (Phi) is 11.2.